The van der Waals surface area contributed by atoms with E-state index in [0.29, 0.717) is 0 Å². The van der Waals surface area contributed by atoms with Gasteiger partial charge in [0.25, 0.3) is 0 Å². The van der Waals surface area contributed by atoms with E-state index in [4.69, 9.17) is 0 Å². The van der Waals surface area contributed by atoms with Crippen LogP contribution in [-0.2, 0) is 0 Å². The van der Waals surface area contributed by atoms with Gasteiger partial charge in [0.1, 0.15) is 0 Å². The average Bonchev–Trinajstić information content (AvgIpc) is 2.49. The van der Waals surface area contributed by atoms with Crippen molar-refractivity contribution in [3.8, 4) is 0 Å². The van der Waals surface area contributed by atoms with Crippen LogP contribution in [0.5, 0.6) is 0 Å². The molecule has 0 fully saturated rings. The lowest BCUT2D eigenvalue weighted by molar-refractivity contribution is 0.0946. The summed E-state index contributed by atoms with van der Waals surface area (Å²) < 4.78 is 0. The fourth-order valence-corrected chi connectivity index (χ4v) is 3.78. The standard InChI is InChI=1S/C22H44N2/c1-10-15-22(7,18-21(12-3)19(4)5)24(16-11-2)20(6)14-13-17-23(8)9/h13-14,19,21H,6,10-12,15-18H2,1-5,7-9H3/b14-13+. The molecule has 0 aliphatic carbocycles. The maximum absolute atomic E-state index is 4.42. The van der Waals surface area contributed by atoms with E-state index < -0.39 is 0 Å². The number of rotatable bonds is 13. The van der Waals surface area contributed by atoms with E-state index in [2.05, 4.69) is 84.2 Å². The Kier molecular flexibility index (Phi) is 11.4. The van der Waals surface area contributed by atoms with E-state index in [9.17, 15) is 0 Å². The summed E-state index contributed by atoms with van der Waals surface area (Å²) in [5, 5.41) is 0. The molecular weight excluding hydrogens is 292 g/mol. The first-order valence-corrected chi connectivity index (χ1v) is 9.99. The molecule has 2 nitrogen and oxygen atoms in total. The Bertz CT molecular complexity index is 370. The second-order valence-electron chi connectivity index (χ2n) is 8.17. The summed E-state index contributed by atoms with van der Waals surface area (Å²) in [4.78, 5) is 4.78. The maximum Gasteiger partial charge on any atom is 0.0376 e. The molecule has 0 N–H and O–H groups in total. The van der Waals surface area contributed by atoms with Crippen molar-refractivity contribution in [3.05, 3.63) is 24.4 Å². The van der Waals surface area contributed by atoms with E-state index in [1.165, 1.54) is 31.4 Å². The van der Waals surface area contributed by atoms with E-state index >= 15 is 0 Å². The largest absolute Gasteiger partial charge is 0.367 e. The highest BCUT2D eigenvalue weighted by molar-refractivity contribution is 5.17. The zero-order valence-electron chi connectivity index (χ0n) is 17.9. The van der Waals surface area contributed by atoms with Crippen LogP contribution in [0.2, 0.25) is 0 Å². The first-order valence-electron chi connectivity index (χ1n) is 9.99. The number of hydrogen-bond acceptors (Lipinski definition) is 2. The van der Waals surface area contributed by atoms with Crippen LogP contribution in [0, 0.1) is 11.8 Å². The van der Waals surface area contributed by atoms with Crippen LogP contribution >= 0.6 is 0 Å². The maximum atomic E-state index is 4.42. The molecule has 0 radical (unpaired) electrons. The molecule has 2 atom stereocenters. The Labute approximate surface area is 153 Å². The molecule has 0 aliphatic heterocycles. The fraction of sp³-hybridized carbons (Fsp3) is 0.818. The molecule has 142 valence electrons. The van der Waals surface area contributed by atoms with Gasteiger partial charge in [-0.15, -0.1) is 0 Å². The van der Waals surface area contributed by atoms with Crippen molar-refractivity contribution in [2.45, 2.75) is 79.2 Å². The minimum absolute atomic E-state index is 0.204. The Morgan fingerprint density at radius 3 is 2.17 bits per heavy atom. The molecule has 24 heavy (non-hydrogen) atoms. The van der Waals surface area contributed by atoms with Crippen molar-refractivity contribution in [2.24, 2.45) is 11.8 Å². The van der Waals surface area contributed by atoms with Crippen molar-refractivity contribution in [3.63, 3.8) is 0 Å². The first kappa shape index (κ1) is 23.2. The van der Waals surface area contributed by atoms with Crippen molar-refractivity contribution < 1.29 is 0 Å². The Hall–Kier alpha value is -0.760. The molecule has 0 bridgehead atoms. The smallest absolute Gasteiger partial charge is 0.0376 e. The number of nitrogens with zero attached hydrogens (tertiary/aromatic N) is 2. The fourth-order valence-electron chi connectivity index (χ4n) is 3.78. The van der Waals surface area contributed by atoms with Gasteiger partial charge in [0.2, 0.25) is 0 Å². The van der Waals surface area contributed by atoms with Gasteiger partial charge in [-0.25, -0.2) is 0 Å². The predicted molar refractivity (Wildman–Crippen MR) is 110 cm³/mol. The molecule has 0 saturated carbocycles. The van der Waals surface area contributed by atoms with Crippen LogP contribution in [0.15, 0.2) is 24.4 Å². The van der Waals surface area contributed by atoms with E-state index in [1.54, 1.807) is 0 Å². The summed E-state index contributed by atoms with van der Waals surface area (Å²) in [5.74, 6) is 1.52. The van der Waals surface area contributed by atoms with E-state index in [0.717, 1.165) is 31.3 Å². The second kappa shape index (κ2) is 11.7. The molecule has 2 unspecified atom stereocenters. The molecular formula is C22H44N2. The molecule has 0 aromatic carbocycles. The molecule has 0 rings (SSSR count). The van der Waals surface area contributed by atoms with Crippen LogP contribution in [0.4, 0.5) is 0 Å². The summed E-state index contributed by atoms with van der Waals surface area (Å²) in [5.41, 5.74) is 1.38. The normalized spacial score (nSPS) is 15.9. The van der Waals surface area contributed by atoms with Crippen molar-refractivity contribution >= 4 is 0 Å². The quantitative estimate of drug-likeness (QED) is 0.383. The van der Waals surface area contributed by atoms with Crippen molar-refractivity contribution in [2.75, 3.05) is 27.2 Å². The van der Waals surface area contributed by atoms with Crippen molar-refractivity contribution in [1.82, 2.24) is 9.80 Å². The summed E-state index contributed by atoms with van der Waals surface area (Å²) in [6, 6.07) is 0. The Morgan fingerprint density at radius 1 is 1.12 bits per heavy atom. The van der Waals surface area contributed by atoms with E-state index in [1.807, 2.05) is 0 Å². The molecule has 0 saturated heterocycles. The lowest BCUT2D eigenvalue weighted by Crippen LogP contribution is -2.47. The highest BCUT2D eigenvalue weighted by Crippen LogP contribution is 2.35. The zero-order chi connectivity index (χ0) is 18.8. The van der Waals surface area contributed by atoms with Gasteiger partial charge in [0.15, 0.2) is 0 Å². The van der Waals surface area contributed by atoms with Gasteiger partial charge >= 0.3 is 0 Å². The second-order valence-corrected chi connectivity index (χ2v) is 8.17. The first-order chi connectivity index (χ1) is 11.2. The third-order valence-corrected chi connectivity index (χ3v) is 5.18. The van der Waals surface area contributed by atoms with Gasteiger partial charge in [-0.1, -0.05) is 60.1 Å². The van der Waals surface area contributed by atoms with Crippen LogP contribution < -0.4 is 0 Å². The van der Waals surface area contributed by atoms with Gasteiger partial charge in [-0.05, 0) is 58.2 Å². The molecule has 2 heteroatoms. The molecule has 0 aliphatic rings. The summed E-state index contributed by atoms with van der Waals surface area (Å²) in [7, 11) is 4.21. The third kappa shape index (κ3) is 7.88. The third-order valence-electron chi connectivity index (χ3n) is 5.18. The van der Waals surface area contributed by atoms with Gasteiger partial charge in [-0.2, -0.15) is 0 Å². The summed E-state index contributed by atoms with van der Waals surface area (Å²) in [6.07, 6.45) is 10.6. The lowest BCUT2D eigenvalue weighted by Gasteiger charge is -2.46. The highest BCUT2D eigenvalue weighted by Gasteiger charge is 2.33. The molecule has 0 aromatic heterocycles. The molecule has 0 amide bonds. The lowest BCUT2D eigenvalue weighted by atomic mass is 9.78. The summed E-state index contributed by atoms with van der Waals surface area (Å²) in [6.45, 7) is 20.6. The Morgan fingerprint density at radius 2 is 1.75 bits per heavy atom. The van der Waals surface area contributed by atoms with Gasteiger partial charge in [0.05, 0.1) is 0 Å². The topological polar surface area (TPSA) is 6.48 Å². The van der Waals surface area contributed by atoms with Crippen LogP contribution in [-0.4, -0.2) is 42.5 Å². The van der Waals surface area contributed by atoms with Gasteiger partial charge in [0, 0.05) is 24.3 Å². The number of likely N-dealkylation sites (N-methyl/N-ethyl adjacent to an activating group) is 1. The molecule has 0 aromatic rings. The highest BCUT2D eigenvalue weighted by atomic mass is 15.2. The van der Waals surface area contributed by atoms with E-state index in [-0.39, 0.29) is 5.54 Å². The van der Waals surface area contributed by atoms with Gasteiger partial charge < -0.3 is 9.80 Å². The number of hydrogen-bond donors (Lipinski definition) is 0. The molecule has 0 spiro atoms. The summed E-state index contributed by atoms with van der Waals surface area (Å²) >= 11 is 0. The van der Waals surface area contributed by atoms with Crippen LogP contribution in [0.25, 0.3) is 0 Å². The molecule has 0 heterocycles. The monoisotopic (exact) mass is 336 g/mol. The average molecular weight is 337 g/mol. The Balaban J connectivity index is 5.39. The minimum atomic E-state index is 0.204. The number of allylic oxidation sites excluding steroid dienone is 1. The van der Waals surface area contributed by atoms with Crippen molar-refractivity contribution in [1.29, 1.82) is 0 Å². The minimum Gasteiger partial charge on any atom is -0.367 e. The van der Waals surface area contributed by atoms with Crippen LogP contribution in [0.3, 0.4) is 0 Å². The van der Waals surface area contributed by atoms with Crippen LogP contribution in [0.1, 0.15) is 73.6 Å². The zero-order valence-corrected chi connectivity index (χ0v) is 17.9. The predicted octanol–water partition coefficient (Wildman–Crippen LogP) is 5.96. The van der Waals surface area contributed by atoms with Gasteiger partial charge in [-0.3, -0.25) is 0 Å². The SMILES string of the molecule is C=C(/C=C/CN(C)C)N(CCC)C(C)(CCC)CC(CC)C(C)C.